The minimum atomic E-state index is -0.550. The third-order valence-corrected chi connectivity index (χ3v) is 3.16. The number of methoxy groups -OCH3 is 1. The molecule has 0 unspecified atom stereocenters. The molecule has 0 aliphatic carbocycles. The van der Waals surface area contributed by atoms with Crippen LogP contribution in [-0.2, 0) is 23.7 Å². The van der Waals surface area contributed by atoms with E-state index in [2.05, 4.69) is 0 Å². The molecule has 4 fully saturated rings. The summed E-state index contributed by atoms with van der Waals surface area (Å²) in [4.78, 5) is 0. The van der Waals surface area contributed by atoms with Gasteiger partial charge in [0.1, 0.15) is 12.2 Å². The molecule has 4 aliphatic heterocycles. The zero-order valence-electron chi connectivity index (χ0n) is 9.14. The average molecular weight is 216 g/mol. The molecule has 4 rings (SSSR count). The summed E-state index contributed by atoms with van der Waals surface area (Å²) >= 11 is 0. The summed E-state index contributed by atoms with van der Waals surface area (Å²) in [5.41, 5.74) is 0. The number of hydrogen-bond acceptors (Lipinski definition) is 5. The lowest BCUT2D eigenvalue weighted by molar-refractivity contribution is -0.367. The van der Waals surface area contributed by atoms with Crippen LogP contribution in [0, 0.1) is 5.92 Å². The van der Waals surface area contributed by atoms with Crippen molar-refractivity contribution in [3.63, 3.8) is 0 Å². The highest BCUT2D eigenvalue weighted by Crippen LogP contribution is 2.44. The molecule has 0 aromatic carbocycles. The Balaban J connectivity index is 1.85. The van der Waals surface area contributed by atoms with E-state index in [1.165, 1.54) is 0 Å². The molecular weight excluding hydrogens is 200 g/mol. The summed E-state index contributed by atoms with van der Waals surface area (Å²) in [5.74, 6) is -0.447. The Morgan fingerprint density at radius 2 is 1.93 bits per heavy atom. The maximum Gasteiger partial charge on any atom is 0.189 e. The summed E-state index contributed by atoms with van der Waals surface area (Å²) < 4.78 is 28.0. The molecule has 5 heteroatoms. The molecular formula is C10H16O5. The Morgan fingerprint density at radius 1 is 1.20 bits per heavy atom. The minimum absolute atomic E-state index is 0.0254. The van der Waals surface area contributed by atoms with Gasteiger partial charge in [0, 0.05) is 7.11 Å². The first-order chi connectivity index (χ1) is 7.11. The zero-order chi connectivity index (χ0) is 10.6. The van der Waals surface area contributed by atoms with Crippen LogP contribution in [0.2, 0.25) is 0 Å². The van der Waals surface area contributed by atoms with E-state index in [0.29, 0.717) is 6.61 Å². The van der Waals surface area contributed by atoms with E-state index in [9.17, 15) is 0 Å². The fourth-order valence-electron chi connectivity index (χ4n) is 2.57. The molecule has 0 spiro atoms. The third-order valence-electron chi connectivity index (χ3n) is 3.16. The van der Waals surface area contributed by atoms with Gasteiger partial charge in [0.2, 0.25) is 0 Å². The molecule has 0 aromatic rings. The zero-order valence-corrected chi connectivity index (χ0v) is 9.14. The van der Waals surface area contributed by atoms with Crippen LogP contribution in [0.15, 0.2) is 0 Å². The first-order valence-electron chi connectivity index (χ1n) is 5.26. The molecule has 0 radical (unpaired) electrons. The lowest BCUT2D eigenvalue weighted by atomic mass is 9.92. The van der Waals surface area contributed by atoms with E-state index in [-0.39, 0.29) is 30.7 Å². The summed E-state index contributed by atoms with van der Waals surface area (Å²) in [6.07, 6.45) is -0.683. The molecule has 0 amide bonds. The minimum Gasteiger partial charge on any atom is -0.355 e. The number of ether oxygens (including phenoxy) is 5. The predicted molar refractivity (Wildman–Crippen MR) is 48.9 cm³/mol. The van der Waals surface area contributed by atoms with Crippen LogP contribution in [0.4, 0.5) is 0 Å². The molecule has 4 heterocycles. The van der Waals surface area contributed by atoms with Gasteiger partial charge in [0.05, 0.1) is 12.5 Å². The standard InChI is InChI=1S/C10H16O5/c1-10(2)14-6-5-4-12-9(7(6)15-10)13-8(5)11-3/h5-9H,4H2,1-3H3/t5-,6+,7+,8-,9-/m1/s1. The normalized spacial score (nSPS) is 51.8. The number of hydrogen-bond donors (Lipinski definition) is 0. The van der Waals surface area contributed by atoms with Crippen LogP contribution in [0.3, 0.4) is 0 Å². The van der Waals surface area contributed by atoms with Crippen molar-refractivity contribution in [3.05, 3.63) is 0 Å². The van der Waals surface area contributed by atoms with Gasteiger partial charge in [0.15, 0.2) is 18.4 Å². The molecule has 2 bridgehead atoms. The highest BCUT2D eigenvalue weighted by Gasteiger charge is 2.59. The van der Waals surface area contributed by atoms with Gasteiger partial charge in [-0.15, -0.1) is 0 Å². The number of fused-ring (bicyclic) bond motifs is 2. The highest BCUT2D eigenvalue weighted by molar-refractivity contribution is 4.96. The van der Waals surface area contributed by atoms with Crippen molar-refractivity contribution in [2.24, 2.45) is 5.92 Å². The summed E-state index contributed by atoms with van der Waals surface area (Å²) in [7, 11) is 1.64. The van der Waals surface area contributed by atoms with Crippen LogP contribution >= 0.6 is 0 Å². The van der Waals surface area contributed by atoms with Gasteiger partial charge in [-0.25, -0.2) is 0 Å². The topological polar surface area (TPSA) is 46.2 Å². The molecule has 0 saturated carbocycles. The van der Waals surface area contributed by atoms with Gasteiger partial charge in [-0.05, 0) is 13.8 Å². The first-order valence-corrected chi connectivity index (χ1v) is 5.26. The maximum atomic E-state index is 5.86. The fraction of sp³-hybridized carbons (Fsp3) is 1.00. The van der Waals surface area contributed by atoms with Crippen molar-refractivity contribution in [2.45, 2.75) is 44.4 Å². The summed E-state index contributed by atoms with van der Waals surface area (Å²) in [5, 5.41) is 0. The molecule has 15 heavy (non-hydrogen) atoms. The van der Waals surface area contributed by atoms with Crippen molar-refractivity contribution in [3.8, 4) is 0 Å². The highest BCUT2D eigenvalue weighted by atomic mass is 16.8. The Bertz CT molecular complexity index is 267. The Labute approximate surface area is 88.6 Å². The van der Waals surface area contributed by atoms with Gasteiger partial charge in [0.25, 0.3) is 0 Å². The maximum absolute atomic E-state index is 5.86. The second-order valence-electron chi connectivity index (χ2n) is 4.67. The average Bonchev–Trinajstić information content (AvgIpc) is 2.55. The van der Waals surface area contributed by atoms with Crippen molar-refractivity contribution < 1.29 is 23.7 Å². The Morgan fingerprint density at radius 3 is 2.67 bits per heavy atom. The summed E-state index contributed by atoms with van der Waals surface area (Å²) in [6.45, 7) is 4.43. The third kappa shape index (κ3) is 1.42. The molecule has 5 nitrogen and oxygen atoms in total. The van der Waals surface area contributed by atoms with Crippen LogP contribution in [0.25, 0.3) is 0 Å². The van der Waals surface area contributed by atoms with Crippen molar-refractivity contribution in [1.82, 2.24) is 0 Å². The van der Waals surface area contributed by atoms with Crippen LogP contribution in [-0.4, -0.2) is 44.3 Å². The van der Waals surface area contributed by atoms with Crippen LogP contribution < -0.4 is 0 Å². The Hall–Kier alpha value is -0.200. The second-order valence-corrected chi connectivity index (χ2v) is 4.67. The quantitative estimate of drug-likeness (QED) is 0.638. The van der Waals surface area contributed by atoms with E-state index in [0.717, 1.165) is 0 Å². The molecule has 4 saturated heterocycles. The monoisotopic (exact) mass is 216 g/mol. The molecule has 5 atom stereocenters. The van der Waals surface area contributed by atoms with E-state index in [1.54, 1.807) is 7.11 Å². The molecule has 86 valence electrons. The SMILES string of the molecule is CO[C@@H]1O[C@H]2OC[C@@H]1[C@@H]1OC(C)(C)O[C@H]21. The van der Waals surface area contributed by atoms with Crippen molar-refractivity contribution in [2.75, 3.05) is 13.7 Å². The Kier molecular flexibility index (Phi) is 2.10. The largest absolute Gasteiger partial charge is 0.355 e. The second kappa shape index (κ2) is 3.15. The first kappa shape index (κ1) is 9.99. The van der Waals surface area contributed by atoms with Gasteiger partial charge in [-0.2, -0.15) is 0 Å². The van der Waals surface area contributed by atoms with Crippen molar-refractivity contribution >= 4 is 0 Å². The van der Waals surface area contributed by atoms with E-state index in [4.69, 9.17) is 23.7 Å². The van der Waals surface area contributed by atoms with Crippen molar-refractivity contribution in [1.29, 1.82) is 0 Å². The molecule has 4 aliphatic rings. The van der Waals surface area contributed by atoms with Crippen LogP contribution in [0.5, 0.6) is 0 Å². The van der Waals surface area contributed by atoms with Gasteiger partial charge in [-0.3, -0.25) is 0 Å². The van der Waals surface area contributed by atoms with Gasteiger partial charge >= 0.3 is 0 Å². The van der Waals surface area contributed by atoms with E-state index < -0.39 is 5.79 Å². The number of rotatable bonds is 1. The molecule has 0 aromatic heterocycles. The van der Waals surface area contributed by atoms with Gasteiger partial charge < -0.3 is 23.7 Å². The molecule has 0 N–H and O–H groups in total. The lowest BCUT2D eigenvalue weighted by Gasteiger charge is -2.46. The van der Waals surface area contributed by atoms with E-state index >= 15 is 0 Å². The van der Waals surface area contributed by atoms with Gasteiger partial charge in [-0.1, -0.05) is 0 Å². The van der Waals surface area contributed by atoms with E-state index in [1.807, 2.05) is 13.8 Å². The van der Waals surface area contributed by atoms with Crippen LogP contribution in [0.1, 0.15) is 13.8 Å². The smallest absolute Gasteiger partial charge is 0.189 e. The lowest BCUT2D eigenvalue weighted by Crippen LogP contribution is -2.60. The fourth-order valence-corrected chi connectivity index (χ4v) is 2.57. The summed E-state index contributed by atoms with van der Waals surface area (Å²) in [6, 6.07) is 0. The predicted octanol–water partition coefficient (Wildman–Crippen LogP) is 0.482.